The highest BCUT2D eigenvalue weighted by Crippen LogP contribution is 2.30. The Kier molecular flexibility index (Phi) is 5.87. The Bertz CT molecular complexity index is 1290. The molecule has 0 spiro atoms. The number of hydrogen-bond donors (Lipinski definition) is 2. The molecular formula is C26H29ClN4O. The topological polar surface area (TPSA) is 62.7 Å². The number of nitrogens with one attached hydrogen (secondary N) is 2. The normalized spacial score (nSPS) is 12.0. The number of aromatic amines is 1. The lowest BCUT2D eigenvalue weighted by Gasteiger charge is -2.15. The highest BCUT2D eigenvalue weighted by molar-refractivity contribution is 6.30. The van der Waals surface area contributed by atoms with Gasteiger partial charge < -0.3 is 10.3 Å². The van der Waals surface area contributed by atoms with E-state index in [9.17, 15) is 4.79 Å². The average molecular weight is 449 g/mol. The first kappa shape index (κ1) is 22.2. The molecule has 2 aromatic heterocycles. The predicted molar refractivity (Wildman–Crippen MR) is 133 cm³/mol. The molecule has 32 heavy (non-hydrogen) atoms. The summed E-state index contributed by atoms with van der Waals surface area (Å²) < 4.78 is 1.79. The molecule has 0 unspecified atom stereocenters. The number of anilines is 1. The molecule has 5 nitrogen and oxygen atoms in total. The van der Waals surface area contributed by atoms with Crippen molar-refractivity contribution in [1.29, 1.82) is 0 Å². The molecule has 0 saturated carbocycles. The Morgan fingerprint density at radius 2 is 1.72 bits per heavy atom. The van der Waals surface area contributed by atoms with E-state index in [-0.39, 0.29) is 11.0 Å². The lowest BCUT2D eigenvalue weighted by Crippen LogP contribution is -2.17. The van der Waals surface area contributed by atoms with Crippen LogP contribution in [0.5, 0.6) is 0 Å². The molecule has 0 aliphatic heterocycles. The van der Waals surface area contributed by atoms with Crippen molar-refractivity contribution >= 4 is 28.3 Å². The summed E-state index contributed by atoms with van der Waals surface area (Å²) in [5.41, 5.74) is 5.10. The smallest absolute Gasteiger partial charge is 0.254 e. The first-order valence-corrected chi connectivity index (χ1v) is 11.3. The van der Waals surface area contributed by atoms with Crippen LogP contribution in [0.25, 0.3) is 16.7 Å². The van der Waals surface area contributed by atoms with Gasteiger partial charge in [0.1, 0.15) is 5.65 Å². The number of benzene rings is 2. The molecule has 0 saturated heterocycles. The molecule has 0 radical (unpaired) electrons. The van der Waals surface area contributed by atoms with Gasteiger partial charge in [0, 0.05) is 33.6 Å². The van der Waals surface area contributed by atoms with Gasteiger partial charge in [-0.3, -0.25) is 4.79 Å². The van der Waals surface area contributed by atoms with Gasteiger partial charge >= 0.3 is 0 Å². The average Bonchev–Trinajstić information content (AvgIpc) is 3.11. The van der Waals surface area contributed by atoms with Crippen LogP contribution >= 0.6 is 11.6 Å². The van der Waals surface area contributed by atoms with E-state index in [0.717, 1.165) is 22.5 Å². The highest BCUT2D eigenvalue weighted by Gasteiger charge is 2.24. The van der Waals surface area contributed by atoms with Crippen molar-refractivity contribution in [3.8, 4) is 5.69 Å². The lowest BCUT2D eigenvalue weighted by molar-refractivity contribution is 0.565. The first-order valence-electron chi connectivity index (χ1n) is 10.9. The van der Waals surface area contributed by atoms with Crippen molar-refractivity contribution in [2.75, 3.05) is 5.32 Å². The van der Waals surface area contributed by atoms with Gasteiger partial charge in [0.05, 0.1) is 11.4 Å². The van der Waals surface area contributed by atoms with Crippen LogP contribution in [0.4, 0.5) is 5.69 Å². The molecule has 0 fully saturated rings. The van der Waals surface area contributed by atoms with Gasteiger partial charge in [0.2, 0.25) is 0 Å². The quantitative estimate of drug-likeness (QED) is 0.371. The molecule has 2 N–H and O–H groups in total. The second-order valence-electron chi connectivity index (χ2n) is 9.50. The molecule has 0 aliphatic carbocycles. The van der Waals surface area contributed by atoms with Crippen LogP contribution in [0, 0.1) is 0 Å². The number of fused-ring (bicyclic) bond motifs is 1. The molecule has 2 heterocycles. The van der Waals surface area contributed by atoms with Crippen molar-refractivity contribution in [1.82, 2.24) is 14.8 Å². The molecule has 0 bridgehead atoms. The molecule has 4 aromatic rings. The van der Waals surface area contributed by atoms with Crippen LogP contribution in [0.3, 0.4) is 0 Å². The minimum Gasteiger partial charge on any atom is -0.381 e. The monoisotopic (exact) mass is 448 g/mol. The van der Waals surface area contributed by atoms with Crippen LogP contribution in [-0.2, 0) is 12.0 Å². The first-order chi connectivity index (χ1) is 15.1. The molecule has 0 atom stereocenters. The van der Waals surface area contributed by atoms with Crippen LogP contribution < -0.4 is 10.9 Å². The third-order valence-electron chi connectivity index (χ3n) is 5.61. The summed E-state index contributed by atoms with van der Waals surface area (Å²) in [6.45, 7) is 11.2. The van der Waals surface area contributed by atoms with E-state index >= 15 is 0 Å². The van der Waals surface area contributed by atoms with Gasteiger partial charge in [-0.1, -0.05) is 58.4 Å². The molecule has 166 valence electrons. The summed E-state index contributed by atoms with van der Waals surface area (Å²) in [5, 5.41) is 9.84. The summed E-state index contributed by atoms with van der Waals surface area (Å²) in [5.74, 6) is 0.488. The number of hydrogen-bond acceptors (Lipinski definition) is 3. The SMILES string of the molecule is CC(C)c1ccc(NCc2cc3c(C(C)(C)C)nn(-c4ccc(Cl)cc4)c3[nH]c2=O)cc1. The Labute approximate surface area is 193 Å². The third-order valence-corrected chi connectivity index (χ3v) is 5.86. The molecule has 6 heteroatoms. The summed E-state index contributed by atoms with van der Waals surface area (Å²) in [6.07, 6.45) is 0. The maximum absolute atomic E-state index is 12.9. The van der Waals surface area contributed by atoms with Crippen LogP contribution in [0.1, 0.15) is 57.4 Å². The fourth-order valence-corrected chi connectivity index (χ4v) is 3.88. The second-order valence-corrected chi connectivity index (χ2v) is 9.94. The van der Waals surface area contributed by atoms with Crippen molar-refractivity contribution in [3.63, 3.8) is 0 Å². The van der Waals surface area contributed by atoms with Gasteiger partial charge in [0.25, 0.3) is 5.56 Å². The van der Waals surface area contributed by atoms with E-state index in [2.05, 4.69) is 69.2 Å². The van der Waals surface area contributed by atoms with Gasteiger partial charge in [0.15, 0.2) is 0 Å². The fourth-order valence-electron chi connectivity index (χ4n) is 3.75. The minimum absolute atomic E-state index is 0.126. The summed E-state index contributed by atoms with van der Waals surface area (Å²) in [6, 6.07) is 17.8. The summed E-state index contributed by atoms with van der Waals surface area (Å²) in [4.78, 5) is 16.0. The summed E-state index contributed by atoms with van der Waals surface area (Å²) >= 11 is 6.06. The zero-order valence-electron chi connectivity index (χ0n) is 19.2. The van der Waals surface area contributed by atoms with Crippen molar-refractivity contribution in [2.45, 2.75) is 52.5 Å². The number of pyridine rings is 1. The van der Waals surface area contributed by atoms with E-state index in [4.69, 9.17) is 16.7 Å². The Balaban J connectivity index is 1.73. The molecule has 0 amide bonds. The fraction of sp³-hybridized carbons (Fsp3) is 0.308. The maximum atomic E-state index is 12.9. The van der Waals surface area contributed by atoms with E-state index in [1.54, 1.807) is 4.68 Å². The zero-order chi connectivity index (χ0) is 23.0. The Morgan fingerprint density at radius 3 is 2.31 bits per heavy atom. The minimum atomic E-state index is -0.189. The molecule has 2 aromatic carbocycles. The van der Waals surface area contributed by atoms with Gasteiger partial charge in [-0.2, -0.15) is 5.10 Å². The van der Waals surface area contributed by atoms with E-state index in [1.807, 2.05) is 30.3 Å². The largest absolute Gasteiger partial charge is 0.381 e. The Morgan fingerprint density at radius 1 is 1.06 bits per heavy atom. The van der Waals surface area contributed by atoms with Crippen molar-refractivity contribution in [3.05, 3.63) is 86.8 Å². The maximum Gasteiger partial charge on any atom is 0.254 e. The number of rotatable bonds is 5. The van der Waals surface area contributed by atoms with Crippen LogP contribution in [0.2, 0.25) is 5.02 Å². The third kappa shape index (κ3) is 4.44. The van der Waals surface area contributed by atoms with E-state index < -0.39 is 0 Å². The van der Waals surface area contributed by atoms with E-state index in [1.165, 1.54) is 5.56 Å². The predicted octanol–water partition coefficient (Wildman–Crippen LogP) is 6.40. The standard InChI is InChI=1S/C26H29ClN4O/c1-16(2)17-6-10-20(11-7-17)28-15-18-14-22-23(26(3,4)5)30-31(24(22)29-25(18)32)21-12-8-19(27)9-13-21/h6-14,16,28H,15H2,1-5H3,(H,29,32). The molecule has 4 rings (SSSR count). The number of H-pyrrole nitrogens is 1. The molecular weight excluding hydrogens is 420 g/mol. The lowest BCUT2D eigenvalue weighted by atomic mass is 9.90. The van der Waals surface area contributed by atoms with Crippen molar-refractivity contribution < 1.29 is 0 Å². The number of nitrogens with zero attached hydrogens (tertiary/aromatic N) is 2. The van der Waals surface area contributed by atoms with Crippen molar-refractivity contribution in [2.24, 2.45) is 0 Å². The van der Waals surface area contributed by atoms with Gasteiger partial charge in [-0.05, 0) is 53.9 Å². The van der Waals surface area contributed by atoms with Crippen LogP contribution in [-0.4, -0.2) is 14.8 Å². The summed E-state index contributed by atoms with van der Waals surface area (Å²) in [7, 11) is 0. The van der Waals surface area contributed by atoms with Gasteiger partial charge in [-0.15, -0.1) is 0 Å². The van der Waals surface area contributed by atoms with E-state index in [0.29, 0.717) is 28.7 Å². The number of aromatic nitrogens is 3. The second kappa shape index (κ2) is 8.47. The Hall–Kier alpha value is -3.05. The van der Waals surface area contributed by atoms with Gasteiger partial charge in [-0.25, -0.2) is 4.68 Å². The zero-order valence-corrected chi connectivity index (χ0v) is 19.9. The van der Waals surface area contributed by atoms with Crippen LogP contribution in [0.15, 0.2) is 59.4 Å². The number of halogens is 1. The highest BCUT2D eigenvalue weighted by atomic mass is 35.5. The molecule has 0 aliphatic rings.